The molecule has 0 spiro atoms. The van der Waals surface area contributed by atoms with Crippen LogP contribution in [0.25, 0.3) is 22.8 Å². The molecule has 0 aliphatic heterocycles. The first-order valence-corrected chi connectivity index (χ1v) is 8.65. The summed E-state index contributed by atoms with van der Waals surface area (Å²) in [7, 11) is 3.10. The van der Waals surface area contributed by atoms with E-state index in [0.717, 1.165) is 0 Å². The number of nitrogens with one attached hydrogen (secondary N) is 1. The zero-order chi connectivity index (χ0) is 19.4. The Kier molecular flexibility index (Phi) is 5.83. The molecule has 140 valence electrons. The largest absolute Gasteiger partial charge is 0.493 e. The van der Waals surface area contributed by atoms with Crippen LogP contribution in [-0.4, -0.2) is 35.1 Å². The van der Waals surface area contributed by atoms with E-state index in [4.69, 9.17) is 37.2 Å². The summed E-state index contributed by atoms with van der Waals surface area (Å²) in [4.78, 5) is 15.0. The van der Waals surface area contributed by atoms with Crippen molar-refractivity contribution in [2.24, 2.45) is 0 Å². The highest BCUT2D eigenvalue weighted by Gasteiger charge is 2.18. The van der Waals surface area contributed by atoms with E-state index in [9.17, 15) is 4.79 Å². The number of methoxy groups -OCH3 is 2. The van der Waals surface area contributed by atoms with Gasteiger partial charge in [-0.15, -0.1) is 0 Å². The predicted molar refractivity (Wildman–Crippen MR) is 102 cm³/mol. The van der Waals surface area contributed by atoms with Gasteiger partial charge in [0.25, 0.3) is 11.8 Å². The molecule has 0 aliphatic rings. The maximum Gasteiger partial charge on any atom is 0.260 e. The van der Waals surface area contributed by atoms with Gasteiger partial charge in [0.1, 0.15) is 0 Å². The van der Waals surface area contributed by atoms with Gasteiger partial charge in [-0.3, -0.25) is 4.79 Å². The fraction of sp³-hybridized carbons (Fsp3) is 0.167. The maximum atomic E-state index is 11.8. The van der Waals surface area contributed by atoms with Crippen molar-refractivity contribution in [2.75, 3.05) is 19.5 Å². The Bertz CT molecular complexity index is 959. The Morgan fingerprint density at radius 3 is 2.56 bits per heavy atom. The number of hydrogen-bond acceptors (Lipinski definition) is 6. The Labute approximate surface area is 165 Å². The molecule has 3 rings (SSSR count). The van der Waals surface area contributed by atoms with Crippen LogP contribution < -0.4 is 14.8 Å². The van der Waals surface area contributed by atoms with Crippen LogP contribution in [0.2, 0.25) is 0 Å². The Balaban J connectivity index is 1.94. The highest BCUT2D eigenvalue weighted by atomic mass is 35.5. The average Bonchev–Trinajstić information content (AvgIpc) is 3.17. The number of ether oxygens (including phenoxy) is 2. The van der Waals surface area contributed by atoms with Gasteiger partial charge in [0.2, 0.25) is 5.82 Å². The molecule has 1 amide bonds. The van der Waals surface area contributed by atoms with E-state index in [-0.39, 0.29) is 5.89 Å². The van der Waals surface area contributed by atoms with Crippen LogP contribution in [0.5, 0.6) is 11.5 Å². The topological polar surface area (TPSA) is 86.5 Å². The number of hydrogen-bond donors (Lipinski definition) is 1. The number of amides is 1. The summed E-state index contributed by atoms with van der Waals surface area (Å²) in [6.45, 7) is 0. The van der Waals surface area contributed by atoms with Crippen LogP contribution in [0.15, 0.2) is 47.0 Å². The number of nitrogens with zero attached hydrogens (tertiary/aromatic N) is 2. The van der Waals surface area contributed by atoms with Crippen molar-refractivity contribution >= 4 is 34.8 Å². The van der Waals surface area contributed by atoms with Crippen LogP contribution >= 0.6 is 23.2 Å². The maximum absolute atomic E-state index is 11.8. The van der Waals surface area contributed by atoms with Crippen molar-refractivity contribution in [1.29, 1.82) is 0 Å². The molecule has 0 aliphatic carbocycles. The molecule has 1 aromatic heterocycles. The van der Waals surface area contributed by atoms with Gasteiger partial charge in [-0.05, 0) is 30.3 Å². The summed E-state index contributed by atoms with van der Waals surface area (Å²) in [6, 6.07) is 12.2. The summed E-state index contributed by atoms with van der Waals surface area (Å²) < 4.78 is 15.9. The molecule has 0 fully saturated rings. The SMILES string of the molecule is COc1ccc(-c2noc(-c3ccccc3NC(=O)C(Cl)Cl)n2)cc1OC. The molecule has 0 saturated heterocycles. The number of benzene rings is 2. The molecule has 1 N–H and O–H groups in total. The van der Waals surface area contributed by atoms with Gasteiger partial charge < -0.3 is 19.3 Å². The molecular weight excluding hydrogens is 393 g/mol. The normalized spacial score (nSPS) is 10.7. The van der Waals surface area contributed by atoms with E-state index in [1.54, 1.807) is 56.7 Å². The minimum absolute atomic E-state index is 0.233. The first kappa shape index (κ1) is 19.0. The molecule has 0 atom stereocenters. The summed E-state index contributed by atoms with van der Waals surface area (Å²) in [5.74, 6) is 1.18. The second-order valence-electron chi connectivity index (χ2n) is 5.33. The molecule has 1 heterocycles. The highest BCUT2D eigenvalue weighted by Crippen LogP contribution is 2.33. The zero-order valence-corrected chi connectivity index (χ0v) is 15.9. The minimum atomic E-state index is -1.19. The lowest BCUT2D eigenvalue weighted by atomic mass is 10.1. The molecular formula is C18H15Cl2N3O4. The number of aromatic nitrogens is 2. The van der Waals surface area contributed by atoms with Crippen molar-refractivity contribution in [3.63, 3.8) is 0 Å². The fourth-order valence-electron chi connectivity index (χ4n) is 2.39. The van der Waals surface area contributed by atoms with E-state index >= 15 is 0 Å². The van der Waals surface area contributed by atoms with Gasteiger partial charge in [0.15, 0.2) is 16.3 Å². The number of halogens is 2. The number of anilines is 1. The standard InChI is InChI=1S/C18H15Cl2N3O4/c1-25-13-8-7-10(9-14(13)26-2)16-22-18(27-23-16)11-5-3-4-6-12(11)21-17(24)15(19)20/h3-9,15H,1-2H3,(H,21,24). The molecule has 3 aromatic rings. The molecule has 7 nitrogen and oxygen atoms in total. The molecule has 0 unspecified atom stereocenters. The van der Waals surface area contributed by atoms with Gasteiger partial charge >= 0.3 is 0 Å². The number of rotatable bonds is 6. The molecule has 2 aromatic carbocycles. The van der Waals surface area contributed by atoms with Crippen LogP contribution in [0.4, 0.5) is 5.69 Å². The van der Waals surface area contributed by atoms with Gasteiger partial charge in [0.05, 0.1) is 25.5 Å². The van der Waals surface area contributed by atoms with Gasteiger partial charge in [-0.25, -0.2) is 0 Å². The van der Waals surface area contributed by atoms with E-state index in [2.05, 4.69) is 15.5 Å². The van der Waals surface area contributed by atoms with Crippen molar-refractivity contribution < 1.29 is 18.8 Å². The van der Waals surface area contributed by atoms with E-state index in [1.165, 1.54) is 0 Å². The smallest absolute Gasteiger partial charge is 0.260 e. The number of carbonyl (C=O) groups is 1. The Morgan fingerprint density at radius 2 is 1.85 bits per heavy atom. The van der Waals surface area contributed by atoms with Gasteiger partial charge in [-0.2, -0.15) is 4.98 Å². The second kappa shape index (κ2) is 8.28. The second-order valence-corrected chi connectivity index (χ2v) is 6.42. The molecule has 0 radical (unpaired) electrons. The lowest BCUT2D eigenvalue weighted by Crippen LogP contribution is -2.18. The Hall–Kier alpha value is -2.77. The Morgan fingerprint density at radius 1 is 1.11 bits per heavy atom. The number of carbonyl (C=O) groups excluding carboxylic acids is 1. The van der Waals surface area contributed by atoms with E-state index in [1.807, 2.05) is 0 Å². The monoisotopic (exact) mass is 407 g/mol. The zero-order valence-electron chi connectivity index (χ0n) is 14.4. The summed E-state index contributed by atoms with van der Waals surface area (Å²) in [5, 5.41) is 6.63. The number of para-hydroxylation sites is 1. The predicted octanol–water partition coefficient (Wildman–Crippen LogP) is 4.16. The van der Waals surface area contributed by atoms with Crippen LogP contribution in [0, 0.1) is 0 Å². The first-order valence-electron chi connectivity index (χ1n) is 7.78. The summed E-state index contributed by atoms with van der Waals surface area (Å²) >= 11 is 11.2. The van der Waals surface area contributed by atoms with Crippen molar-refractivity contribution in [2.45, 2.75) is 4.84 Å². The van der Waals surface area contributed by atoms with Crippen LogP contribution in [0.1, 0.15) is 0 Å². The van der Waals surface area contributed by atoms with Crippen molar-refractivity contribution in [1.82, 2.24) is 10.1 Å². The van der Waals surface area contributed by atoms with E-state index in [0.29, 0.717) is 34.1 Å². The van der Waals surface area contributed by atoms with Crippen molar-refractivity contribution in [3.05, 3.63) is 42.5 Å². The third kappa shape index (κ3) is 4.15. The third-order valence-electron chi connectivity index (χ3n) is 3.68. The minimum Gasteiger partial charge on any atom is -0.493 e. The summed E-state index contributed by atoms with van der Waals surface area (Å²) in [5.41, 5.74) is 1.68. The van der Waals surface area contributed by atoms with Gasteiger partial charge in [-0.1, -0.05) is 40.5 Å². The van der Waals surface area contributed by atoms with E-state index < -0.39 is 10.7 Å². The quantitative estimate of drug-likeness (QED) is 0.617. The lowest BCUT2D eigenvalue weighted by molar-refractivity contribution is -0.114. The lowest BCUT2D eigenvalue weighted by Gasteiger charge is -2.08. The third-order valence-corrected chi connectivity index (χ3v) is 4.08. The average molecular weight is 408 g/mol. The molecule has 0 bridgehead atoms. The summed E-state index contributed by atoms with van der Waals surface area (Å²) in [6.07, 6.45) is 0. The van der Waals surface area contributed by atoms with Crippen molar-refractivity contribution in [3.8, 4) is 34.3 Å². The molecule has 9 heteroatoms. The van der Waals surface area contributed by atoms with Crippen LogP contribution in [-0.2, 0) is 4.79 Å². The fourth-order valence-corrected chi connectivity index (χ4v) is 2.50. The molecule has 27 heavy (non-hydrogen) atoms. The molecule has 0 saturated carbocycles. The number of alkyl halides is 2. The van der Waals surface area contributed by atoms with Gasteiger partial charge in [0, 0.05) is 5.56 Å². The highest BCUT2D eigenvalue weighted by molar-refractivity contribution is 6.54. The van der Waals surface area contributed by atoms with Crippen LogP contribution in [0.3, 0.4) is 0 Å². The first-order chi connectivity index (χ1) is 13.0.